The van der Waals surface area contributed by atoms with E-state index in [1.165, 1.54) is 24.0 Å². The molecule has 0 bridgehead atoms. The van der Waals surface area contributed by atoms with E-state index in [-0.39, 0.29) is 14.9 Å². The summed E-state index contributed by atoms with van der Waals surface area (Å²) in [5.41, 5.74) is 3.63. The van der Waals surface area contributed by atoms with Crippen molar-refractivity contribution in [3.8, 4) is 0 Å². The smallest absolute Gasteiger partial charge is 0.00103 e. The fraction of sp³-hybridized carbons (Fsp3) is 0.714. The van der Waals surface area contributed by atoms with Gasteiger partial charge in [-0.3, -0.25) is 0 Å². The van der Waals surface area contributed by atoms with Crippen LogP contribution in [0, 0.1) is 28.6 Å². The Morgan fingerprint density at radius 3 is 1.68 bits per heavy atom. The van der Waals surface area contributed by atoms with Gasteiger partial charge in [0.2, 0.25) is 0 Å². The maximum atomic E-state index is 2.39. The zero-order valence-electron chi connectivity index (χ0n) is 19.2. The summed E-state index contributed by atoms with van der Waals surface area (Å²) in [5, 5.41) is 0. The summed E-state index contributed by atoms with van der Waals surface area (Å²) in [5.74, 6) is 2.55. The molecule has 0 spiro atoms. The van der Waals surface area contributed by atoms with Crippen molar-refractivity contribution in [1.82, 2.24) is 0 Å². The van der Waals surface area contributed by atoms with E-state index in [0.29, 0.717) is 22.7 Å². The monoisotopic (exact) mass is 388 g/mol. The van der Waals surface area contributed by atoms with Crippen molar-refractivity contribution in [2.24, 2.45) is 28.6 Å². The molecule has 0 heterocycles. The third-order valence-corrected chi connectivity index (χ3v) is 5.88. The van der Waals surface area contributed by atoms with Gasteiger partial charge < -0.3 is 0 Å². The second-order valence-corrected chi connectivity index (χ2v) is 11.0. The van der Waals surface area contributed by atoms with Crippen LogP contribution in [0.2, 0.25) is 0 Å². The zero-order chi connectivity index (χ0) is 20.1. The molecule has 0 saturated heterocycles. The quantitative estimate of drug-likeness (QED) is 0.408. The van der Waals surface area contributed by atoms with Gasteiger partial charge in [0.05, 0.1) is 0 Å². The molecule has 1 aromatic carbocycles. The summed E-state index contributed by atoms with van der Waals surface area (Å²) in [6.45, 7) is 23.4. The summed E-state index contributed by atoms with van der Waals surface area (Å²) < 4.78 is 0. The average molecular weight is 389 g/mol. The molecule has 0 aliphatic carbocycles. The van der Waals surface area contributed by atoms with Crippen molar-refractivity contribution < 1.29 is 0 Å². The summed E-state index contributed by atoms with van der Waals surface area (Å²) in [6, 6.07) is 9.37. The van der Waals surface area contributed by atoms with E-state index >= 15 is 0 Å². The van der Waals surface area contributed by atoms with Crippen LogP contribution in [-0.2, 0) is 6.42 Å². The molecular formula is C28H52. The van der Waals surface area contributed by atoms with E-state index in [1.807, 2.05) is 0 Å². The first-order chi connectivity index (χ1) is 11.8. The molecule has 0 aliphatic rings. The van der Waals surface area contributed by atoms with Gasteiger partial charge in [-0.15, -0.1) is 0 Å². The Hall–Kier alpha value is -1.04. The molecule has 0 heteroatoms. The molecule has 0 amide bonds. The van der Waals surface area contributed by atoms with E-state index in [9.17, 15) is 0 Å². The highest BCUT2D eigenvalue weighted by atomic mass is 14.3. The van der Waals surface area contributed by atoms with Gasteiger partial charge in [-0.2, -0.15) is 0 Å². The van der Waals surface area contributed by atoms with Gasteiger partial charge in [0.15, 0.2) is 0 Å². The van der Waals surface area contributed by atoms with Crippen molar-refractivity contribution in [3.63, 3.8) is 0 Å². The van der Waals surface area contributed by atoms with Crippen LogP contribution in [0.4, 0.5) is 0 Å². The SMILES string of the molecule is C.C.CC(/C=C/C(C)C(C)(C)C)c1ccc(CC(CC(C)(C)C)C(C)C)cc1. The van der Waals surface area contributed by atoms with E-state index in [2.05, 4.69) is 106 Å². The lowest BCUT2D eigenvalue weighted by Gasteiger charge is -2.29. The number of hydrogen-bond acceptors (Lipinski definition) is 0. The van der Waals surface area contributed by atoms with E-state index in [0.717, 1.165) is 11.8 Å². The molecule has 0 N–H and O–H groups in total. The van der Waals surface area contributed by atoms with Gasteiger partial charge in [-0.1, -0.05) is 121 Å². The normalized spacial score (nSPS) is 15.7. The highest BCUT2D eigenvalue weighted by Gasteiger charge is 2.22. The van der Waals surface area contributed by atoms with Crippen LogP contribution in [0.25, 0.3) is 0 Å². The van der Waals surface area contributed by atoms with Crippen molar-refractivity contribution >= 4 is 0 Å². The molecule has 3 atom stereocenters. The molecule has 0 saturated carbocycles. The minimum absolute atomic E-state index is 0. The highest BCUT2D eigenvalue weighted by Crippen LogP contribution is 2.32. The Morgan fingerprint density at radius 2 is 1.29 bits per heavy atom. The zero-order valence-corrected chi connectivity index (χ0v) is 19.2. The Balaban J connectivity index is 0. The van der Waals surface area contributed by atoms with Crippen LogP contribution < -0.4 is 0 Å². The van der Waals surface area contributed by atoms with E-state index in [4.69, 9.17) is 0 Å². The molecule has 0 nitrogen and oxygen atoms in total. The van der Waals surface area contributed by atoms with E-state index < -0.39 is 0 Å². The lowest BCUT2D eigenvalue weighted by atomic mass is 9.77. The van der Waals surface area contributed by atoms with Crippen LogP contribution in [-0.4, -0.2) is 0 Å². The Morgan fingerprint density at radius 1 is 0.786 bits per heavy atom. The summed E-state index contributed by atoms with van der Waals surface area (Å²) in [4.78, 5) is 0. The summed E-state index contributed by atoms with van der Waals surface area (Å²) in [6.07, 6.45) is 7.24. The van der Waals surface area contributed by atoms with Crippen molar-refractivity contribution in [2.45, 2.75) is 103 Å². The van der Waals surface area contributed by atoms with Crippen LogP contribution >= 0.6 is 0 Å². The third-order valence-electron chi connectivity index (χ3n) is 5.88. The van der Waals surface area contributed by atoms with Gasteiger partial charge in [0.25, 0.3) is 0 Å². The molecule has 0 aliphatic heterocycles. The Bertz CT molecular complexity index is 545. The lowest BCUT2D eigenvalue weighted by Crippen LogP contribution is -2.20. The number of benzene rings is 1. The largest absolute Gasteiger partial charge is 0.0846 e. The second-order valence-electron chi connectivity index (χ2n) is 11.0. The van der Waals surface area contributed by atoms with Crippen LogP contribution in [0.15, 0.2) is 36.4 Å². The maximum Gasteiger partial charge on any atom is -0.00103 e. The average Bonchev–Trinajstić information content (AvgIpc) is 2.50. The predicted molar refractivity (Wildman–Crippen MR) is 132 cm³/mol. The van der Waals surface area contributed by atoms with Crippen molar-refractivity contribution in [3.05, 3.63) is 47.5 Å². The van der Waals surface area contributed by atoms with Gasteiger partial charge in [-0.05, 0) is 58.5 Å². The first-order valence-electron chi connectivity index (χ1n) is 10.6. The molecule has 1 rings (SSSR count). The fourth-order valence-corrected chi connectivity index (χ4v) is 3.32. The summed E-state index contributed by atoms with van der Waals surface area (Å²) >= 11 is 0. The molecule has 164 valence electrons. The topological polar surface area (TPSA) is 0 Å². The van der Waals surface area contributed by atoms with Crippen molar-refractivity contribution in [1.29, 1.82) is 0 Å². The number of hydrogen-bond donors (Lipinski definition) is 0. The number of rotatable bonds is 7. The minimum atomic E-state index is 0. The van der Waals surface area contributed by atoms with E-state index in [1.54, 1.807) is 0 Å². The third kappa shape index (κ3) is 10.5. The number of allylic oxidation sites excluding steroid dienone is 2. The predicted octanol–water partition coefficient (Wildman–Crippen LogP) is 9.55. The lowest BCUT2D eigenvalue weighted by molar-refractivity contribution is 0.241. The van der Waals surface area contributed by atoms with Gasteiger partial charge >= 0.3 is 0 Å². The Kier molecular flexibility index (Phi) is 12.3. The first kappa shape index (κ1) is 29.2. The van der Waals surface area contributed by atoms with Gasteiger partial charge in [0.1, 0.15) is 0 Å². The minimum Gasteiger partial charge on any atom is -0.0846 e. The second kappa shape index (κ2) is 11.8. The molecule has 0 radical (unpaired) electrons. The molecule has 28 heavy (non-hydrogen) atoms. The molecule has 1 aromatic rings. The van der Waals surface area contributed by atoms with Gasteiger partial charge in [-0.25, -0.2) is 0 Å². The van der Waals surface area contributed by atoms with Crippen LogP contribution in [0.5, 0.6) is 0 Å². The van der Waals surface area contributed by atoms with Crippen LogP contribution in [0.1, 0.15) is 108 Å². The molecule has 0 fully saturated rings. The van der Waals surface area contributed by atoms with Gasteiger partial charge in [0, 0.05) is 0 Å². The standard InChI is InChI=1S/C26H44.2CH4/c1-19(2)24(18-25(5,6)7)17-22-13-15-23(16-14-22)20(3)11-12-21(4)26(8,9)10;;/h11-16,19-21,24H,17-18H2,1-10H3;2*1H4/b12-11+;;. The maximum absolute atomic E-state index is 2.39. The fourth-order valence-electron chi connectivity index (χ4n) is 3.32. The van der Waals surface area contributed by atoms with Crippen LogP contribution in [0.3, 0.4) is 0 Å². The highest BCUT2D eigenvalue weighted by molar-refractivity contribution is 5.28. The summed E-state index contributed by atoms with van der Waals surface area (Å²) in [7, 11) is 0. The molecule has 0 aromatic heterocycles. The Labute approximate surface area is 179 Å². The first-order valence-corrected chi connectivity index (χ1v) is 10.6. The van der Waals surface area contributed by atoms with Crippen molar-refractivity contribution in [2.75, 3.05) is 0 Å². The molecular weight excluding hydrogens is 336 g/mol. The molecule has 3 unspecified atom stereocenters.